The minimum absolute atomic E-state index is 0.105. The van der Waals surface area contributed by atoms with E-state index in [0.717, 1.165) is 18.8 Å². The SMILES string of the molecule is O=C(Cn1cncn1)Nc1ccc(N2CCCCC2)cc1. The summed E-state index contributed by atoms with van der Waals surface area (Å²) in [6.45, 7) is 2.42. The lowest BCUT2D eigenvalue weighted by Crippen LogP contribution is -2.29. The van der Waals surface area contributed by atoms with Crippen LogP contribution in [0.15, 0.2) is 36.9 Å². The third-order valence-electron chi connectivity index (χ3n) is 3.64. The first kappa shape index (κ1) is 13.6. The van der Waals surface area contributed by atoms with Gasteiger partial charge in [-0.05, 0) is 43.5 Å². The first-order valence-electron chi connectivity index (χ1n) is 7.28. The smallest absolute Gasteiger partial charge is 0.246 e. The molecule has 0 spiro atoms. The third-order valence-corrected chi connectivity index (χ3v) is 3.64. The number of carbonyl (C=O) groups is 1. The fourth-order valence-corrected chi connectivity index (χ4v) is 2.57. The summed E-state index contributed by atoms with van der Waals surface area (Å²) in [6, 6.07) is 8.03. The quantitative estimate of drug-likeness (QED) is 0.932. The number of aromatic nitrogens is 3. The van der Waals surface area contributed by atoms with Gasteiger partial charge in [0.2, 0.25) is 5.91 Å². The summed E-state index contributed by atoms with van der Waals surface area (Å²) >= 11 is 0. The molecule has 0 radical (unpaired) electrons. The van der Waals surface area contributed by atoms with Crippen LogP contribution in [0.2, 0.25) is 0 Å². The summed E-state index contributed by atoms with van der Waals surface area (Å²) in [5.41, 5.74) is 2.03. The number of nitrogens with zero attached hydrogens (tertiary/aromatic N) is 4. The lowest BCUT2D eigenvalue weighted by atomic mass is 10.1. The molecule has 3 rings (SSSR count). The van der Waals surface area contributed by atoms with E-state index in [0.29, 0.717) is 0 Å². The van der Waals surface area contributed by atoms with Gasteiger partial charge in [0.15, 0.2) is 0 Å². The van der Waals surface area contributed by atoms with Crippen LogP contribution < -0.4 is 10.2 Å². The Bertz CT molecular complexity index is 573. The molecule has 2 heterocycles. The molecule has 0 atom stereocenters. The molecule has 110 valence electrons. The third kappa shape index (κ3) is 3.59. The Morgan fingerprint density at radius 1 is 1.14 bits per heavy atom. The van der Waals surface area contributed by atoms with E-state index < -0.39 is 0 Å². The van der Waals surface area contributed by atoms with E-state index in [1.165, 1.54) is 42.3 Å². The zero-order valence-electron chi connectivity index (χ0n) is 11.9. The molecule has 6 heteroatoms. The van der Waals surface area contributed by atoms with Gasteiger partial charge in [0, 0.05) is 24.5 Å². The van der Waals surface area contributed by atoms with Gasteiger partial charge in [0.25, 0.3) is 0 Å². The van der Waals surface area contributed by atoms with E-state index in [1.807, 2.05) is 12.1 Å². The molecule has 2 aromatic rings. The molecule has 0 aliphatic carbocycles. The maximum absolute atomic E-state index is 11.9. The fraction of sp³-hybridized carbons (Fsp3) is 0.400. The van der Waals surface area contributed by atoms with Crippen molar-refractivity contribution in [2.24, 2.45) is 0 Å². The summed E-state index contributed by atoms with van der Waals surface area (Å²) in [5, 5.41) is 6.78. The lowest BCUT2D eigenvalue weighted by molar-refractivity contribution is -0.116. The van der Waals surface area contributed by atoms with Crippen molar-refractivity contribution in [2.45, 2.75) is 25.8 Å². The van der Waals surface area contributed by atoms with Crippen LogP contribution >= 0.6 is 0 Å². The maximum Gasteiger partial charge on any atom is 0.246 e. The lowest BCUT2D eigenvalue weighted by Gasteiger charge is -2.28. The van der Waals surface area contributed by atoms with E-state index in [9.17, 15) is 4.79 Å². The fourth-order valence-electron chi connectivity index (χ4n) is 2.57. The second-order valence-corrected chi connectivity index (χ2v) is 5.24. The number of hydrogen-bond donors (Lipinski definition) is 1. The molecule has 1 saturated heterocycles. The summed E-state index contributed by atoms with van der Waals surface area (Å²) in [5.74, 6) is -0.105. The minimum Gasteiger partial charge on any atom is -0.372 e. The van der Waals surface area contributed by atoms with Gasteiger partial charge in [-0.25, -0.2) is 9.67 Å². The highest BCUT2D eigenvalue weighted by atomic mass is 16.2. The van der Waals surface area contributed by atoms with Gasteiger partial charge in [-0.2, -0.15) is 5.10 Å². The van der Waals surface area contributed by atoms with E-state index in [1.54, 1.807) is 0 Å². The molecule has 1 N–H and O–H groups in total. The van der Waals surface area contributed by atoms with Gasteiger partial charge in [0.05, 0.1) is 0 Å². The van der Waals surface area contributed by atoms with Crippen LogP contribution in [0.25, 0.3) is 0 Å². The second kappa shape index (κ2) is 6.39. The predicted molar refractivity (Wildman–Crippen MR) is 81.2 cm³/mol. The normalized spacial score (nSPS) is 15.0. The molecular formula is C15H19N5O. The highest BCUT2D eigenvalue weighted by Gasteiger charge is 2.11. The molecule has 1 aliphatic rings. The Labute approximate surface area is 123 Å². The highest BCUT2D eigenvalue weighted by molar-refractivity contribution is 5.90. The van der Waals surface area contributed by atoms with Crippen molar-refractivity contribution >= 4 is 17.3 Å². The molecule has 1 aromatic carbocycles. The topological polar surface area (TPSA) is 63.1 Å². The second-order valence-electron chi connectivity index (χ2n) is 5.24. The molecule has 1 amide bonds. The molecule has 1 aliphatic heterocycles. The molecule has 0 saturated carbocycles. The van der Waals surface area contributed by atoms with Gasteiger partial charge in [-0.15, -0.1) is 0 Å². The van der Waals surface area contributed by atoms with E-state index in [2.05, 4.69) is 32.4 Å². The zero-order chi connectivity index (χ0) is 14.5. The molecule has 1 fully saturated rings. The Balaban J connectivity index is 1.57. The molecule has 0 unspecified atom stereocenters. The van der Waals surface area contributed by atoms with E-state index in [4.69, 9.17) is 0 Å². The van der Waals surface area contributed by atoms with Crippen molar-refractivity contribution in [3.05, 3.63) is 36.9 Å². The van der Waals surface area contributed by atoms with Crippen LogP contribution in [-0.2, 0) is 11.3 Å². The van der Waals surface area contributed by atoms with Crippen LogP contribution in [0.3, 0.4) is 0 Å². The average molecular weight is 285 g/mol. The number of hydrogen-bond acceptors (Lipinski definition) is 4. The van der Waals surface area contributed by atoms with E-state index in [-0.39, 0.29) is 12.5 Å². The van der Waals surface area contributed by atoms with Crippen molar-refractivity contribution in [3.63, 3.8) is 0 Å². The number of nitrogens with one attached hydrogen (secondary N) is 1. The Hall–Kier alpha value is -2.37. The Morgan fingerprint density at radius 2 is 1.90 bits per heavy atom. The van der Waals surface area contributed by atoms with Gasteiger partial charge < -0.3 is 10.2 Å². The summed E-state index contributed by atoms with van der Waals surface area (Å²) in [6.07, 6.45) is 6.79. The first-order chi connectivity index (χ1) is 10.3. The van der Waals surface area contributed by atoms with Crippen LogP contribution in [0, 0.1) is 0 Å². The van der Waals surface area contributed by atoms with Gasteiger partial charge in [0.1, 0.15) is 19.2 Å². The molecule has 21 heavy (non-hydrogen) atoms. The highest BCUT2D eigenvalue weighted by Crippen LogP contribution is 2.21. The van der Waals surface area contributed by atoms with Crippen molar-refractivity contribution in [1.82, 2.24) is 14.8 Å². The van der Waals surface area contributed by atoms with Crippen molar-refractivity contribution < 1.29 is 4.79 Å². The number of benzene rings is 1. The summed E-state index contributed by atoms with van der Waals surface area (Å²) in [7, 11) is 0. The minimum atomic E-state index is -0.105. The maximum atomic E-state index is 11.9. The largest absolute Gasteiger partial charge is 0.372 e. The predicted octanol–water partition coefficient (Wildman–Crippen LogP) is 1.91. The van der Waals surface area contributed by atoms with Gasteiger partial charge >= 0.3 is 0 Å². The van der Waals surface area contributed by atoms with Crippen LogP contribution in [-0.4, -0.2) is 33.8 Å². The standard InChI is InChI=1S/C15H19N5O/c21-15(10-20-12-16-11-17-20)18-13-4-6-14(7-5-13)19-8-2-1-3-9-19/h4-7,11-12H,1-3,8-10H2,(H,18,21). The van der Waals surface area contributed by atoms with Crippen molar-refractivity contribution in [3.8, 4) is 0 Å². The number of anilines is 2. The number of carbonyl (C=O) groups excluding carboxylic acids is 1. The molecule has 0 bridgehead atoms. The Morgan fingerprint density at radius 3 is 2.57 bits per heavy atom. The number of amides is 1. The van der Waals surface area contributed by atoms with E-state index >= 15 is 0 Å². The van der Waals surface area contributed by atoms with Crippen molar-refractivity contribution in [2.75, 3.05) is 23.3 Å². The average Bonchev–Trinajstić information content (AvgIpc) is 3.02. The van der Waals surface area contributed by atoms with Crippen LogP contribution in [0.1, 0.15) is 19.3 Å². The summed E-state index contributed by atoms with van der Waals surface area (Å²) < 4.78 is 1.50. The Kier molecular flexibility index (Phi) is 4.14. The number of rotatable bonds is 4. The first-order valence-corrected chi connectivity index (χ1v) is 7.28. The summed E-state index contributed by atoms with van der Waals surface area (Å²) in [4.78, 5) is 18.1. The van der Waals surface area contributed by atoms with Gasteiger partial charge in [-0.1, -0.05) is 0 Å². The number of piperidine rings is 1. The monoisotopic (exact) mass is 285 g/mol. The molecule has 6 nitrogen and oxygen atoms in total. The van der Waals surface area contributed by atoms with Gasteiger partial charge in [-0.3, -0.25) is 4.79 Å². The zero-order valence-corrected chi connectivity index (χ0v) is 11.9. The molecular weight excluding hydrogens is 266 g/mol. The van der Waals surface area contributed by atoms with Crippen LogP contribution in [0.4, 0.5) is 11.4 Å². The van der Waals surface area contributed by atoms with Crippen molar-refractivity contribution in [1.29, 1.82) is 0 Å². The van der Waals surface area contributed by atoms with Crippen LogP contribution in [0.5, 0.6) is 0 Å². The molecule has 1 aromatic heterocycles.